The van der Waals surface area contributed by atoms with Crippen LogP contribution in [-0.2, 0) is 9.53 Å². The van der Waals surface area contributed by atoms with Crippen molar-refractivity contribution in [3.05, 3.63) is 0 Å². The van der Waals surface area contributed by atoms with Crippen molar-refractivity contribution in [2.45, 2.75) is 57.6 Å². The minimum atomic E-state index is 0.323. The molecule has 18 heavy (non-hydrogen) atoms. The molecule has 104 valence electrons. The van der Waals surface area contributed by atoms with E-state index < -0.39 is 0 Å². The van der Waals surface area contributed by atoms with Gasteiger partial charge in [-0.2, -0.15) is 0 Å². The maximum atomic E-state index is 12.2. The van der Waals surface area contributed by atoms with E-state index in [1.54, 1.807) is 0 Å². The fourth-order valence-corrected chi connectivity index (χ4v) is 2.95. The minimum Gasteiger partial charge on any atom is -0.378 e. The average molecular weight is 254 g/mol. The lowest BCUT2D eigenvalue weighted by Crippen LogP contribution is -2.44. The van der Waals surface area contributed by atoms with E-state index in [1.165, 1.54) is 12.8 Å². The second-order valence-corrected chi connectivity index (χ2v) is 5.39. The van der Waals surface area contributed by atoms with Crippen LogP contribution in [0.2, 0.25) is 0 Å². The van der Waals surface area contributed by atoms with E-state index in [1.807, 2.05) is 11.8 Å². The second kappa shape index (κ2) is 7.10. The molecule has 0 radical (unpaired) electrons. The van der Waals surface area contributed by atoms with Crippen LogP contribution < -0.4 is 5.32 Å². The molecule has 1 unspecified atom stereocenters. The molecule has 2 aliphatic rings. The molecule has 1 amide bonds. The van der Waals surface area contributed by atoms with Gasteiger partial charge in [-0.05, 0) is 39.2 Å². The second-order valence-electron chi connectivity index (χ2n) is 5.39. The molecule has 2 aliphatic heterocycles. The summed E-state index contributed by atoms with van der Waals surface area (Å²) >= 11 is 0. The van der Waals surface area contributed by atoms with Crippen molar-refractivity contribution in [2.24, 2.45) is 0 Å². The van der Waals surface area contributed by atoms with E-state index in [0.29, 0.717) is 24.5 Å². The van der Waals surface area contributed by atoms with Crippen LogP contribution in [0.5, 0.6) is 0 Å². The number of amides is 1. The lowest BCUT2D eigenvalue weighted by Gasteiger charge is -2.33. The number of rotatable bonds is 4. The Morgan fingerprint density at radius 3 is 2.67 bits per heavy atom. The van der Waals surface area contributed by atoms with Crippen LogP contribution in [0.15, 0.2) is 0 Å². The van der Waals surface area contributed by atoms with Crippen LogP contribution >= 0.6 is 0 Å². The summed E-state index contributed by atoms with van der Waals surface area (Å²) in [6, 6.07) is 0.413. The number of nitrogens with one attached hydrogen (secondary N) is 1. The zero-order valence-corrected chi connectivity index (χ0v) is 11.5. The number of carbonyl (C=O) groups is 1. The smallest absolute Gasteiger partial charge is 0.224 e. The van der Waals surface area contributed by atoms with Gasteiger partial charge in [0.05, 0.1) is 6.10 Å². The first-order valence-electron chi connectivity index (χ1n) is 7.42. The number of piperidine rings is 2. The predicted molar refractivity (Wildman–Crippen MR) is 71.5 cm³/mol. The van der Waals surface area contributed by atoms with Crippen molar-refractivity contribution in [1.29, 1.82) is 0 Å². The summed E-state index contributed by atoms with van der Waals surface area (Å²) in [5.41, 5.74) is 0. The molecule has 1 N–H and O–H groups in total. The maximum absolute atomic E-state index is 12.2. The van der Waals surface area contributed by atoms with Crippen LogP contribution in [0.3, 0.4) is 0 Å². The van der Waals surface area contributed by atoms with Crippen LogP contribution in [0.4, 0.5) is 0 Å². The number of likely N-dealkylation sites (tertiary alicyclic amines) is 1. The van der Waals surface area contributed by atoms with E-state index in [4.69, 9.17) is 4.74 Å². The van der Waals surface area contributed by atoms with E-state index in [0.717, 1.165) is 45.5 Å². The Morgan fingerprint density at radius 2 is 2.06 bits per heavy atom. The molecule has 0 aromatic carbocycles. The highest BCUT2D eigenvalue weighted by molar-refractivity contribution is 5.76. The number of hydrogen-bond donors (Lipinski definition) is 1. The third-order valence-corrected chi connectivity index (χ3v) is 4.03. The Bertz CT molecular complexity index is 257. The molecular formula is C14H26N2O2. The lowest BCUT2D eigenvalue weighted by molar-refractivity contribution is -0.134. The largest absolute Gasteiger partial charge is 0.378 e. The van der Waals surface area contributed by atoms with Crippen molar-refractivity contribution in [3.8, 4) is 0 Å². The molecule has 2 rings (SSSR count). The normalized spacial score (nSPS) is 26.3. The molecule has 1 atom stereocenters. The summed E-state index contributed by atoms with van der Waals surface area (Å²) in [5.74, 6) is 0.323. The van der Waals surface area contributed by atoms with E-state index in [2.05, 4.69) is 5.32 Å². The van der Waals surface area contributed by atoms with Crippen molar-refractivity contribution < 1.29 is 9.53 Å². The SMILES string of the molecule is CCOC1CCN(C(=O)CC2CCCCN2)CC1. The third kappa shape index (κ3) is 3.95. The highest BCUT2D eigenvalue weighted by Gasteiger charge is 2.25. The first kappa shape index (κ1) is 13.8. The highest BCUT2D eigenvalue weighted by Crippen LogP contribution is 2.17. The molecule has 2 saturated heterocycles. The van der Waals surface area contributed by atoms with Crippen molar-refractivity contribution in [3.63, 3.8) is 0 Å². The van der Waals surface area contributed by atoms with E-state index >= 15 is 0 Å². The highest BCUT2D eigenvalue weighted by atomic mass is 16.5. The minimum absolute atomic E-state index is 0.323. The fourth-order valence-electron chi connectivity index (χ4n) is 2.95. The summed E-state index contributed by atoms with van der Waals surface area (Å²) in [4.78, 5) is 14.2. The molecule has 4 nitrogen and oxygen atoms in total. The van der Waals surface area contributed by atoms with Crippen LogP contribution in [-0.4, -0.2) is 49.2 Å². The molecule has 0 saturated carbocycles. The van der Waals surface area contributed by atoms with Gasteiger partial charge in [0, 0.05) is 32.2 Å². The molecular weight excluding hydrogens is 228 g/mol. The lowest BCUT2D eigenvalue weighted by atomic mass is 10.0. The Kier molecular flexibility index (Phi) is 5.45. The molecule has 2 fully saturated rings. The first-order valence-corrected chi connectivity index (χ1v) is 7.42. The van der Waals surface area contributed by atoms with Crippen LogP contribution in [0.1, 0.15) is 45.4 Å². The number of hydrogen-bond acceptors (Lipinski definition) is 3. The topological polar surface area (TPSA) is 41.6 Å². The monoisotopic (exact) mass is 254 g/mol. The maximum Gasteiger partial charge on any atom is 0.224 e. The van der Waals surface area contributed by atoms with Crippen molar-refractivity contribution in [1.82, 2.24) is 10.2 Å². The molecule has 2 heterocycles. The summed E-state index contributed by atoms with van der Waals surface area (Å²) < 4.78 is 5.61. The van der Waals surface area contributed by atoms with Gasteiger partial charge in [-0.3, -0.25) is 4.79 Å². The van der Waals surface area contributed by atoms with Gasteiger partial charge in [0.2, 0.25) is 5.91 Å². The predicted octanol–water partition coefficient (Wildman–Crippen LogP) is 1.55. The Labute approximate surface area is 110 Å². The van der Waals surface area contributed by atoms with Crippen molar-refractivity contribution >= 4 is 5.91 Å². The zero-order valence-electron chi connectivity index (χ0n) is 11.5. The molecule has 4 heteroatoms. The van der Waals surface area contributed by atoms with Gasteiger partial charge in [-0.1, -0.05) is 6.42 Å². The number of nitrogens with zero attached hydrogens (tertiary/aromatic N) is 1. The molecule has 0 spiro atoms. The van der Waals surface area contributed by atoms with Gasteiger partial charge >= 0.3 is 0 Å². The molecule has 0 bridgehead atoms. The average Bonchev–Trinajstić information content (AvgIpc) is 2.41. The quantitative estimate of drug-likeness (QED) is 0.827. The molecule has 0 aliphatic carbocycles. The van der Waals surface area contributed by atoms with Crippen LogP contribution in [0.25, 0.3) is 0 Å². The van der Waals surface area contributed by atoms with Gasteiger partial charge in [-0.25, -0.2) is 0 Å². The molecule has 0 aromatic rings. The Morgan fingerprint density at radius 1 is 1.28 bits per heavy atom. The third-order valence-electron chi connectivity index (χ3n) is 4.03. The standard InChI is InChI=1S/C14H26N2O2/c1-2-18-13-6-9-16(10-7-13)14(17)11-12-5-3-4-8-15-12/h12-13,15H,2-11H2,1H3. The molecule has 0 aromatic heterocycles. The fraction of sp³-hybridized carbons (Fsp3) is 0.929. The first-order chi connectivity index (χ1) is 8.79. The van der Waals surface area contributed by atoms with Crippen molar-refractivity contribution in [2.75, 3.05) is 26.2 Å². The van der Waals surface area contributed by atoms with Gasteiger partial charge in [0.25, 0.3) is 0 Å². The zero-order chi connectivity index (χ0) is 12.8. The Hall–Kier alpha value is -0.610. The van der Waals surface area contributed by atoms with Gasteiger partial charge in [-0.15, -0.1) is 0 Å². The van der Waals surface area contributed by atoms with Crippen LogP contribution in [0, 0.1) is 0 Å². The Balaban J connectivity index is 1.70. The summed E-state index contributed by atoms with van der Waals surface area (Å²) in [7, 11) is 0. The van der Waals surface area contributed by atoms with E-state index in [9.17, 15) is 4.79 Å². The van der Waals surface area contributed by atoms with Gasteiger partial charge in [0.15, 0.2) is 0 Å². The summed E-state index contributed by atoms with van der Waals surface area (Å²) in [6.45, 7) is 5.63. The van der Waals surface area contributed by atoms with Gasteiger partial charge in [0.1, 0.15) is 0 Å². The number of ether oxygens (including phenoxy) is 1. The number of carbonyl (C=O) groups excluding carboxylic acids is 1. The van der Waals surface area contributed by atoms with Gasteiger partial charge < -0.3 is 15.0 Å². The van der Waals surface area contributed by atoms with E-state index in [-0.39, 0.29) is 0 Å². The summed E-state index contributed by atoms with van der Waals surface area (Å²) in [6.07, 6.45) is 6.71. The summed E-state index contributed by atoms with van der Waals surface area (Å²) in [5, 5.41) is 3.45.